The van der Waals surface area contributed by atoms with Crippen LogP contribution in [0.5, 0.6) is 0 Å². The van der Waals surface area contributed by atoms with Crippen LogP contribution in [0.2, 0.25) is 5.02 Å². The van der Waals surface area contributed by atoms with Gasteiger partial charge in [-0.25, -0.2) is 15.0 Å². The minimum Gasteiger partial charge on any atom is -0.356 e. The maximum Gasteiger partial charge on any atom is 0.418 e. The number of anilines is 2. The Labute approximate surface area is 194 Å². The molecule has 0 saturated carbocycles. The van der Waals surface area contributed by atoms with E-state index >= 15 is 0 Å². The van der Waals surface area contributed by atoms with Crippen LogP contribution in [0.25, 0.3) is 0 Å². The summed E-state index contributed by atoms with van der Waals surface area (Å²) in [6.07, 6.45) is -0.221. The van der Waals surface area contributed by atoms with Gasteiger partial charge in [0.1, 0.15) is 21.4 Å². The average Bonchev–Trinajstić information content (AvgIpc) is 3.42. The number of amides is 2. The van der Waals surface area contributed by atoms with E-state index in [1.54, 1.807) is 11.5 Å². The molecule has 1 aliphatic rings. The molecule has 174 valence electrons. The Bertz CT molecular complexity index is 1210. The largest absolute Gasteiger partial charge is 0.418 e. The van der Waals surface area contributed by atoms with E-state index in [1.165, 1.54) is 12.4 Å². The number of carbonyl (C=O) groups is 2. The smallest absolute Gasteiger partial charge is 0.356 e. The summed E-state index contributed by atoms with van der Waals surface area (Å²) in [7, 11) is 0. The third-order valence-corrected chi connectivity index (χ3v) is 6.28. The summed E-state index contributed by atoms with van der Waals surface area (Å²) < 4.78 is 40.8. The lowest BCUT2D eigenvalue weighted by Crippen LogP contribution is -2.30. The van der Waals surface area contributed by atoms with E-state index in [0.29, 0.717) is 29.3 Å². The number of rotatable bonds is 5. The number of nitrogens with one attached hydrogen (secondary N) is 3. The molecule has 0 spiro atoms. The van der Waals surface area contributed by atoms with Crippen LogP contribution in [0, 0.1) is 0 Å². The Kier molecular flexibility index (Phi) is 6.26. The zero-order valence-electron chi connectivity index (χ0n) is 17.0. The van der Waals surface area contributed by atoms with Crippen LogP contribution >= 0.6 is 22.9 Å². The van der Waals surface area contributed by atoms with Gasteiger partial charge < -0.3 is 20.5 Å². The minimum atomic E-state index is -4.68. The Morgan fingerprint density at radius 1 is 1.21 bits per heavy atom. The first-order chi connectivity index (χ1) is 15.6. The lowest BCUT2D eigenvalue weighted by atomic mass is 10.2. The number of hydrogen-bond acceptors (Lipinski definition) is 7. The lowest BCUT2D eigenvalue weighted by Gasteiger charge is -2.18. The number of thiazole rings is 1. The number of imidazole rings is 1. The van der Waals surface area contributed by atoms with Crippen molar-refractivity contribution in [3.05, 3.63) is 50.8 Å². The van der Waals surface area contributed by atoms with Crippen LogP contribution in [0.3, 0.4) is 0 Å². The van der Waals surface area contributed by atoms with E-state index < -0.39 is 28.7 Å². The molecule has 4 rings (SSSR count). The molecular formula is C19H17ClF3N7O2S. The first-order valence-corrected chi connectivity index (χ1v) is 10.9. The van der Waals surface area contributed by atoms with Crippen LogP contribution in [-0.4, -0.2) is 37.9 Å². The van der Waals surface area contributed by atoms with Crippen LogP contribution in [0.1, 0.15) is 50.1 Å². The molecule has 3 aromatic rings. The van der Waals surface area contributed by atoms with Crippen molar-refractivity contribution in [2.45, 2.75) is 32.1 Å². The first kappa shape index (κ1) is 23.0. The van der Waals surface area contributed by atoms with E-state index in [1.807, 2.05) is 0 Å². The van der Waals surface area contributed by atoms with Crippen LogP contribution in [0.15, 0.2) is 24.7 Å². The average molecular weight is 500 g/mol. The molecule has 0 radical (unpaired) electrons. The van der Waals surface area contributed by atoms with Gasteiger partial charge in [-0.1, -0.05) is 11.6 Å². The molecule has 1 unspecified atom stereocenters. The fraction of sp³-hybridized carbons (Fsp3) is 0.316. The van der Waals surface area contributed by atoms with Crippen molar-refractivity contribution in [2.24, 2.45) is 0 Å². The van der Waals surface area contributed by atoms with Gasteiger partial charge in [0.15, 0.2) is 0 Å². The highest BCUT2D eigenvalue weighted by atomic mass is 35.5. The van der Waals surface area contributed by atoms with Crippen molar-refractivity contribution in [1.82, 2.24) is 24.8 Å². The number of halogens is 4. The molecule has 4 heterocycles. The summed E-state index contributed by atoms with van der Waals surface area (Å²) in [5.74, 6) is -0.684. The predicted octanol–water partition coefficient (Wildman–Crippen LogP) is 3.97. The highest BCUT2D eigenvalue weighted by Gasteiger charge is 2.34. The molecule has 0 aliphatic carbocycles. The molecule has 1 aliphatic heterocycles. The van der Waals surface area contributed by atoms with E-state index in [-0.39, 0.29) is 16.6 Å². The number of pyridine rings is 1. The Morgan fingerprint density at radius 3 is 2.76 bits per heavy atom. The normalized spacial score (nSPS) is 14.2. The number of nitrogens with zero attached hydrogens (tertiary/aromatic N) is 4. The quantitative estimate of drug-likeness (QED) is 0.489. The molecule has 1 atom stereocenters. The molecule has 33 heavy (non-hydrogen) atoms. The predicted molar refractivity (Wildman–Crippen MR) is 116 cm³/mol. The van der Waals surface area contributed by atoms with Gasteiger partial charge in [-0.15, -0.1) is 11.3 Å². The third-order valence-electron chi connectivity index (χ3n) is 4.80. The highest BCUT2D eigenvalue weighted by Crippen LogP contribution is 2.35. The van der Waals surface area contributed by atoms with Gasteiger partial charge in [0.05, 0.1) is 29.0 Å². The van der Waals surface area contributed by atoms with E-state index in [4.69, 9.17) is 11.6 Å². The molecule has 9 nitrogen and oxygen atoms in total. The lowest BCUT2D eigenvalue weighted by molar-refractivity contribution is -0.137. The molecule has 0 aromatic carbocycles. The summed E-state index contributed by atoms with van der Waals surface area (Å²) in [4.78, 5) is 37.3. The van der Waals surface area contributed by atoms with Crippen LogP contribution < -0.4 is 16.0 Å². The molecule has 0 bridgehead atoms. The van der Waals surface area contributed by atoms with E-state index in [9.17, 15) is 22.8 Å². The topological polar surface area (TPSA) is 114 Å². The SMILES string of the molecule is CC(NC(=O)c1cnc2n1CCCN2)c1ncc(C(=O)Nc2cc(C(F)(F)F)c(Cl)cn2)s1. The van der Waals surface area contributed by atoms with Crippen molar-refractivity contribution < 1.29 is 22.8 Å². The van der Waals surface area contributed by atoms with Gasteiger partial charge in [-0.05, 0) is 19.4 Å². The second-order valence-electron chi connectivity index (χ2n) is 7.16. The van der Waals surface area contributed by atoms with Crippen molar-refractivity contribution in [2.75, 3.05) is 17.2 Å². The monoisotopic (exact) mass is 499 g/mol. The Balaban J connectivity index is 1.43. The summed E-state index contributed by atoms with van der Waals surface area (Å²) in [5.41, 5.74) is -0.694. The molecule has 14 heteroatoms. The van der Waals surface area contributed by atoms with Crippen molar-refractivity contribution >= 4 is 46.5 Å². The van der Waals surface area contributed by atoms with Crippen molar-refractivity contribution in [3.8, 4) is 0 Å². The van der Waals surface area contributed by atoms with Crippen LogP contribution in [-0.2, 0) is 12.7 Å². The molecule has 0 saturated heterocycles. The number of fused-ring (bicyclic) bond motifs is 1. The van der Waals surface area contributed by atoms with Crippen molar-refractivity contribution in [3.63, 3.8) is 0 Å². The Morgan fingerprint density at radius 2 is 2.00 bits per heavy atom. The zero-order chi connectivity index (χ0) is 23.8. The molecule has 3 aromatic heterocycles. The van der Waals surface area contributed by atoms with Crippen LogP contribution in [0.4, 0.5) is 24.9 Å². The van der Waals surface area contributed by atoms with Gasteiger partial charge in [0.2, 0.25) is 5.95 Å². The van der Waals surface area contributed by atoms with E-state index in [2.05, 4.69) is 30.9 Å². The third kappa shape index (κ3) is 4.93. The summed E-state index contributed by atoms with van der Waals surface area (Å²) in [6.45, 7) is 3.18. The maximum absolute atomic E-state index is 13.0. The first-order valence-electron chi connectivity index (χ1n) is 9.73. The second-order valence-corrected chi connectivity index (χ2v) is 8.63. The van der Waals surface area contributed by atoms with Gasteiger partial charge in [-0.3, -0.25) is 9.59 Å². The van der Waals surface area contributed by atoms with Gasteiger partial charge in [0, 0.05) is 19.3 Å². The summed E-state index contributed by atoms with van der Waals surface area (Å²) in [6, 6.07) is 0.142. The molecule has 3 N–H and O–H groups in total. The van der Waals surface area contributed by atoms with Crippen molar-refractivity contribution in [1.29, 1.82) is 0 Å². The molecule has 0 fully saturated rings. The Hall–Kier alpha value is -3.19. The fourth-order valence-corrected chi connectivity index (χ4v) is 4.22. The standard InChI is InChI=1S/C19H17ClF3N7O2S/c1-9(28-15(31)12-7-27-18-24-3-2-4-30(12)18)17-26-8-13(33-17)16(32)29-14-5-10(19(21,22)23)11(20)6-25-14/h5-9H,2-4H2,1H3,(H,24,27)(H,28,31)(H,25,29,32). The molecule has 2 amide bonds. The van der Waals surface area contributed by atoms with E-state index in [0.717, 1.165) is 30.5 Å². The van der Waals surface area contributed by atoms with Gasteiger partial charge >= 0.3 is 6.18 Å². The summed E-state index contributed by atoms with van der Waals surface area (Å²) >= 11 is 6.54. The maximum atomic E-state index is 13.0. The number of alkyl halides is 3. The second kappa shape index (κ2) is 8.98. The minimum absolute atomic E-state index is 0.141. The highest BCUT2D eigenvalue weighted by molar-refractivity contribution is 7.13. The summed E-state index contributed by atoms with van der Waals surface area (Å²) in [5, 5.41) is 8.12. The number of hydrogen-bond donors (Lipinski definition) is 3. The zero-order valence-corrected chi connectivity index (χ0v) is 18.6. The fourth-order valence-electron chi connectivity index (χ4n) is 3.19. The van der Waals surface area contributed by atoms with Gasteiger partial charge in [0.25, 0.3) is 11.8 Å². The number of carbonyl (C=O) groups excluding carboxylic acids is 2. The molecular weight excluding hydrogens is 483 g/mol. The number of aromatic nitrogens is 4. The van der Waals surface area contributed by atoms with Gasteiger partial charge in [-0.2, -0.15) is 13.2 Å².